The number of carbonyl (C=O) groups is 4. The number of nitrogens with one attached hydrogen (secondary N) is 2. The summed E-state index contributed by atoms with van der Waals surface area (Å²) >= 11 is 0. The van der Waals surface area contributed by atoms with Crippen LogP contribution in [0.3, 0.4) is 0 Å². The molecule has 100 valence electrons. The Morgan fingerprint density at radius 2 is 2.17 bits per heavy atom. The van der Waals surface area contributed by atoms with Crippen molar-refractivity contribution in [3.8, 4) is 0 Å². The van der Waals surface area contributed by atoms with E-state index in [2.05, 4.69) is 10.6 Å². The number of hydrogen-bond acceptors (Lipinski definition) is 4. The molecule has 3 amide bonds. The third-order valence-electron chi connectivity index (χ3n) is 2.66. The lowest BCUT2D eigenvalue weighted by molar-refractivity contribution is -0.144. The molecule has 0 aliphatic carbocycles. The van der Waals surface area contributed by atoms with Gasteiger partial charge in [-0.2, -0.15) is 0 Å². The first-order chi connectivity index (χ1) is 8.40. The molecule has 0 aromatic carbocycles. The molecule has 0 saturated carbocycles. The van der Waals surface area contributed by atoms with E-state index in [1.807, 2.05) is 0 Å². The van der Waals surface area contributed by atoms with Crippen molar-refractivity contribution in [1.29, 1.82) is 0 Å². The van der Waals surface area contributed by atoms with E-state index >= 15 is 0 Å². The lowest BCUT2D eigenvalue weighted by Gasteiger charge is -2.23. The molecule has 0 bridgehead atoms. The van der Waals surface area contributed by atoms with Gasteiger partial charge in [0.25, 0.3) is 0 Å². The van der Waals surface area contributed by atoms with E-state index in [0.717, 1.165) is 0 Å². The molecular formula is C10H15N3O5. The zero-order valence-electron chi connectivity index (χ0n) is 9.64. The van der Waals surface area contributed by atoms with E-state index in [1.165, 1.54) is 0 Å². The number of aliphatic carboxylic acids is 1. The topological polar surface area (TPSA) is 139 Å². The molecule has 1 fully saturated rings. The summed E-state index contributed by atoms with van der Waals surface area (Å²) in [4.78, 5) is 44.1. The first-order valence-electron chi connectivity index (χ1n) is 5.48. The van der Waals surface area contributed by atoms with Gasteiger partial charge in [-0.3, -0.25) is 14.4 Å². The Morgan fingerprint density at radius 3 is 2.61 bits per heavy atom. The highest BCUT2D eigenvalue weighted by Crippen LogP contribution is 2.11. The molecule has 2 atom stereocenters. The standard InChI is InChI=1S/C10H15N3O5/c11-7(14)3-6(10(17)18)13-9(16)5-1-2-8(15)12-4-5/h5-6H,1-4H2,(H2,11,14)(H,12,15)(H,13,16)(H,17,18)/t5?,6-/m1/s1. The molecule has 1 aliphatic heterocycles. The number of carboxylic acids is 1. The number of carbonyl (C=O) groups excluding carboxylic acids is 3. The Labute approximate surface area is 103 Å². The molecule has 1 heterocycles. The number of carboxylic acid groups (broad SMARTS) is 1. The molecule has 0 spiro atoms. The highest BCUT2D eigenvalue weighted by molar-refractivity contribution is 5.90. The first-order valence-corrected chi connectivity index (χ1v) is 5.48. The predicted molar refractivity (Wildman–Crippen MR) is 59.1 cm³/mol. The smallest absolute Gasteiger partial charge is 0.326 e. The normalized spacial score (nSPS) is 20.7. The maximum atomic E-state index is 11.7. The fourth-order valence-corrected chi connectivity index (χ4v) is 1.65. The lowest BCUT2D eigenvalue weighted by Crippen LogP contribution is -2.49. The maximum absolute atomic E-state index is 11.7. The molecule has 18 heavy (non-hydrogen) atoms. The quantitative estimate of drug-likeness (QED) is 0.449. The number of amides is 3. The monoisotopic (exact) mass is 257 g/mol. The van der Waals surface area contributed by atoms with Crippen LogP contribution in [-0.2, 0) is 19.2 Å². The van der Waals surface area contributed by atoms with Crippen LogP contribution in [0.4, 0.5) is 0 Å². The molecule has 1 unspecified atom stereocenters. The summed E-state index contributed by atoms with van der Waals surface area (Å²) in [5.74, 6) is -3.23. The molecule has 0 aromatic heterocycles. The van der Waals surface area contributed by atoms with Crippen LogP contribution in [0, 0.1) is 5.92 Å². The Bertz CT molecular complexity index is 372. The van der Waals surface area contributed by atoms with Crippen LogP contribution >= 0.6 is 0 Å². The number of nitrogens with two attached hydrogens (primary N) is 1. The Hall–Kier alpha value is -2.12. The van der Waals surface area contributed by atoms with Gasteiger partial charge in [-0.05, 0) is 6.42 Å². The second-order valence-electron chi connectivity index (χ2n) is 4.11. The van der Waals surface area contributed by atoms with Crippen LogP contribution in [0.5, 0.6) is 0 Å². The Balaban J connectivity index is 2.53. The van der Waals surface area contributed by atoms with Crippen LogP contribution in [0.1, 0.15) is 19.3 Å². The van der Waals surface area contributed by atoms with Gasteiger partial charge in [0.1, 0.15) is 6.04 Å². The van der Waals surface area contributed by atoms with Crippen molar-refractivity contribution < 1.29 is 24.3 Å². The Kier molecular flexibility index (Phi) is 4.64. The van der Waals surface area contributed by atoms with Crippen molar-refractivity contribution in [1.82, 2.24) is 10.6 Å². The van der Waals surface area contributed by atoms with Crippen LogP contribution in [-0.4, -0.2) is 41.4 Å². The van der Waals surface area contributed by atoms with E-state index in [-0.39, 0.29) is 18.9 Å². The van der Waals surface area contributed by atoms with E-state index < -0.39 is 36.2 Å². The van der Waals surface area contributed by atoms with E-state index in [1.54, 1.807) is 0 Å². The van der Waals surface area contributed by atoms with Gasteiger partial charge in [-0.15, -0.1) is 0 Å². The Morgan fingerprint density at radius 1 is 1.50 bits per heavy atom. The molecule has 1 aliphatic rings. The highest BCUT2D eigenvalue weighted by Gasteiger charge is 2.29. The van der Waals surface area contributed by atoms with Gasteiger partial charge in [-0.1, -0.05) is 0 Å². The lowest BCUT2D eigenvalue weighted by atomic mass is 9.98. The van der Waals surface area contributed by atoms with Crippen LogP contribution in [0.25, 0.3) is 0 Å². The van der Waals surface area contributed by atoms with Gasteiger partial charge in [0, 0.05) is 13.0 Å². The zero-order chi connectivity index (χ0) is 13.7. The minimum absolute atomic E-state index is 0.133. The molecule has 0 aromatic rings. The number of piperidine rings is 1. The van der Waals surface area contributed by atoms with Gasteiger partial charge < -0.3 is 21.5 Å². The zero-order valence-corrected chi connectivity index (χ0v) is 9.64. The highest BCUT2D eigenvalue weighted by atomic mass is 16.4. The average molecular weight is 257 g/mol. The number of hydrogen-bond donors (Lipinski definition) is 4. The van der Waals surface area contributed by atoms with Crippen molar-refractivity contribution in [2.75, 3.05) is 6.54 Å². The summed E-state index contributed by atoms with van der Waals surface area (Å²) in [6.07, 6.45) is 0.131. The predicted octanol–water partition coefficient (Wildman–Crippen LogP) is -2.04. The number of primary amides is 1. The van der Waals surface area contributed by atoms with Crippen molar-refractivity contribution in [2.45, 2.75) is 25.3 Å². The first kappa shape index (κ1) is 13.9. The fraction of sp³-hybridized carbons (Fsp3) is 0.600. The van der Waals surface area contributed by atoms with Gasteiger partial charge in [0.15, 0.2) is 0 Å². The summed E-state index contributed by atoms with van der Waals surface area (Å²) in [6.45, 7) is 0.174. The van der Waals surface area contributed by atoms with Crippen LogP contribution in [0.2, 0.25) is 0 Å². The van der Waals surface area contributed by atoms with Gasteiger partial charge in [0.05, 0.1) is 12.3 Å². The van der Waals surface area contributed by atoms with E-state index in [0.29, 0.717) is 6.42 Å². The molecule has 8 nitrogen and oxygen atoms in total. The molecule has 8 heteroatoms. The summed E-state index contributed by atoms with van der Waals surface area (Å²) in [5, 5.41) is 13.6. The van der Waals surface area contributed by atoms with Gasteiger partial charge >= 0.3 is 5.97 Å². The summed E-state index contributed by atoms with van der Waals surface area (Å²) in [7, 11) is 0. The maximum Gasteiger partial charge on any atom is 0.326 e. The largest absolute Gasteiger partial charge is 0.480 e. The molecule has 0 radical (unpaired) electrons. The average Bonchev–Trinajstić information content (AvgIpc) is 2.28. The molecule has 1 rings (SSSR count). The van der Waals surface area contributed by atoms with Crippen molar-refractivity contribution in [2.24, 2.45) is 11.7 Å². The summed E-state index contributed by atoms with van der Waals surface area (Å²) in [5.41, 5.74) is 4.89. The molecule has 5 N–H and O–H groups in total. The third-order valence-corrected chi connectivity index (χ3v) is 2.66. The van der Waals surface area contributed by atoms with Crippen LogP contribution < -0.4 is 16.4 Å². The third kappa shape index (κ3) is 4.04. The van der Waals surface area contributed by atoms with Crippen molar-refractivity contribution in [3.63, 3.8) is 0 Å². The summed E-state index contributed by atoms with van der Waals surface area (Å²) < 4.78 is 0. The second kappa shape index (κ2) is 5.99. The summed E-state index contributed by atoms with van der Waals surface area (Å²) in [6, 6.07) is -1.33. The van der Waals surface area contributed by atoms with Gasteiger partial charge in [-0.25, -0.2) is 4.79 Å². The van der Waals surface area contributed by atoms with E-state index in [9.17, 15) is 19.2 Å². The fourth-order valence-electron chi connectivity index (χ4n) is 1.65. The van der Waals surface area contributed by atoms with E-state index in [4.69, 9.17) is 10.8 Å². The number of rotatable bonds is 5. The molecule has 1 saturated heterocycles. The van der Waals surface area contributed by atoms with Gasteiger partial charge in [0.2, 0.25) is 17.7 Å². The van der Waals surface area contributed by atoms with Crippen molar-refractivity contribution >= 4 is 23.7 Å². The minimum atomic E-state index is -1.33. The van der Waals surface area contributed by atoms with Crippen LogP contribution in [0.15, 0.2) is 0 Å². The van der Waals surface area contributed by atoms with Crippen molar-refractivity contribution in [3.05, 3.63) is 0 Å². The molecular weight excluding hydrogens is 242 g/mol. The second-order valence-corrected chi connectivity index (χ2v) is 4.11. The SMILES string of the molecule is NC(=O)C[C@@H](NC(=O)C1CCC(=O)NC1)C(=O)O. The minimum Gasteiger partial charge on any atom is -0.480 e.